The van der Waals surface area contributed by atoms with Crippen molar-refractivity contribution in [2.75, 3.05) is 11.9 Å². The Bertz CT molecular complexity index is 677. The molecule has 0 aromatic heterocycles. The lowest BCUT2D eigenvalue weighted by molar-refractivity contribution is 0.483. The minimum absolute atomic E-state index is 0.108. The van der Waals surface area contributed by atoms with E-state index in [-0.39, 0.29) is 4.90 Å². The molecule has 0 saturated heterocycles. The Balaban J connectivity index is 1.90. The molecule has 20 heavy (non-hydrogen) atoms. The summed E-state index contributed by atoms with van der Waals surface area (Å²) in [5.41, 5.74) is 1.91. The molecule has 0 aliphatic carbocycles. The monoisotopic (exact) mass is 289 g/mol. The number of hydrogen-bond acceptors (Lipinski definition) is 3. The van der Waals surface area contributed by atoms with Gasteiger partial charge in [-0.15, -0.1) is 0 Å². The summed E-state index contributed by atoms with van der Waals surface area (Å²) in [5, 5.41) is 3.13. The summed E-state index contributed by atoms with van der Waals surface area (Å²) >= 11 is 0. The molecule has 4 nitrogen and oxygen atoms in total. The Hall–Kier alpha value is -2.11. The van der Waals surface area contributed by atoms with Crippen molar-refractivity contribution < 1.29 is 13.0 Å². The van der Waals surface area contributed by atoms with Crippen LogP contribution in [-0.2, 0) is 10.1 Å². The molecule has 0 aliphatic heterocycles. The largest absolute Gasteiger partial charge is 0.382 e. The first-order valence-corrected chi connectivity index (χ1v) is 7.53. The van der Waals surface area contributed by atoms with Crippen LogP contribution in [0.1, 0.15) is 5.56 Å². The lowest BCUT2D eigenvalue weighted by Gasteiger charge is -2.04. The molecule has 0 radical (unpaired) electrons. The highest BCUT2D eigenvalue weighted by molar-refractivity contribution is 7.85. The fourth-order valence-electron chi connectivity index (χ4n) is 1.68. The molecular formula is C15H15NO3S. The second-order valence-corrected chi connectivity index (χ2v) is 5.61. The van der Waals surface area contributed by atoms with E-state index in [0.717, 1.165) is 11.3 Å². The van der Waals surface area contributed by atoms with Crippen LogP contribution >= 0.6 is 0 Å². The van der Waals surface area contributed by atoms with Gasteiger partial charge in [0.25, 0.3) is 10.1 Å². The average Bonchev–Trinajstić information content (AvgIpc) is 2.44. The van der Waals surface area contributed by atoms with E-state index in [0.29, 0.717) is 6.54 Å². The van der Waals surface area contributed by atoms with Crippen molar-refractivity contribution in [3.8, 4) is 0 Å². The molecule has 0 spiro atoms. The minimum Gasteiger partial charge on any atom is -0.382 e. The molecular weight excluding hydrogens is 274 g/mol. The van der Waals surface area contributed by atoms with Crippen molar-refractivity contribution in [3.63, 3.8) is 0 Å². The van der Waals surface area contributed by atoms with Gasteiger partial charge >= 0.3 is 0 Å². The Kier molecular flexibility index (Phi) is 4.55. The first kappa shape index (κ1) is 14.3. The molecule has 0 heterocycles. The van der Waals surface area contributed by atoms with E-state index in [2.05, 4.69) is 5.32 Å². The SMILES string of the molecule is O=S(=O)(O)c1ccc(NCC=Cc2ccccc2)cc1. The van der Waals surface area contributed by atoms with Gasteiger partial charge in [0.2, 0.25) is 0 Å². The molecule has 0 saturated carbocycles. The molecule has 2 rings (SSSR count). The van der Waals surface area contributed by atoms with Crippen molar-refractivity contribution in [2.24, 2.45) is 0 Å². The summed E-state index contributed by atoms with van der Waals surface area (Å²) < 4.78 is 30.6. The fraction of sp³-hybridized carbons (Fsp3) is 0.0667. The molecule has 0 bridgehead atoms. The van der Waals surface area contributed by atoms with E-state index in [1.165, 1.54) is 12.1 Å². The van der Waals surface area contributed by atoms with Gasteiger partial charge in [0.15, 0.2) is 0 Å². The second kappa shape index (κ2) is 6.36. The summed E-state index contributed by atoms with van der Waals surface area (Å²) in [6.07, 6.45) is 3.98. The highest BCUT2D eigenvalue weighted by atomic mass is 32.2. The maximum absolute atomic E-state index is 10.9. The highest BCUT2D eigenvalue weighted by Gasteiger charge is 2.07. The van der Waals surface area contributed by atoms with E-state index < -0.39 is 10.1 Å². The van der Waals surface area contributed by atoms with Gasteiger partial charge in [-0.25, -0.2) is 0 Å². The predicted octanol–water partition coefficient (Wildman–Crippen LogP) is 3.06. The van der Waals surface area contributed by atoms with E-state index in [1.807, 2.05) is 42.5 Å². The molecule has 0 amide bonds. The Morgan fingerprint density at radius 1 is 1.00 bits per heavy atom. The summed E-state index contributed by atoms with van der Waals surface area (Å²) in [5.74, 6) is 0. The standard InChI is InChI=1S/C15H15NO3S/c17-20(18,19)15-10-8-14(9-11-15)16-12-4-7-13-5-2-1-3-6-13/h1-11,16H,12H2,(H,17,18,19). The molecule has 104 valence electrons. The topological polar surface area (TPSA) is 66.4 Å². The first-order chi connectivity index (χ1) is 9.55. The van der Waals surface area contributed by atoms with Crippen molar-refractivity contribution in [1.82, 2.24) is 0 Å². The summed E-state index contributed by atoms with van der Waals surface area (Å²) in [7, 11) is -4.12. The number of rotatable bonds is 5. The highest BCUT2D eigenvalue weighted by Crippen LogP contribution is 2.13. The average molecular weight is 289 g/mol. The summed E-state index contributed by atoms with van der Waals surface area (Å²) in [6.45, 7) is 0.625. The smallest absolute Gasteiger partial charge is 0.294 e. The van der Waals surface area contributed by atoms with Crippen molar-refractivity contribution >= 4 is 21.9 Å². The van der Waals surface area contributed by atoms with E-state index >= 15 is 0 Å². The van der Waals surface area contributed by atoms with Gasteiger partial charge in [0.1, 0.15) is 0 Å². The van der Waals surface area contributed by atoms with Gasteiger partial charge in [-0.1, -0.05) is 42.5 Å². The van der Waals surface area contributed by atoms with Gasteiger partial charge in [0, 0.05) is 12.2 Å². The maximum Gasteiger partial charge on any atom is 0.294 e. The zero-order valence-corrected chi connectivity index (χ0v) is 11.5. The second-order valence-electron chi connectivity index (χ2n) is 4.19. The van der Waals surface area contributed by atoms with Crippen LogP contribution in [0.3, 0.4) is 0 Å². The number of benzene rings is 2. The van der Waals surface area contributed by atoms with Crippen LogP contribution in [0.25, 0.3) is 6.08 Å². The molecule has 0 fully saturated rings. The van der Waals surface area contributed by atoms with Gasteiger partial charge in [-0.2, -0.15) is 8.42 Å². The molecule has 0 aliphatic rings. The van der Waals surface area contributed by atoms with Gasteiger partial charge in [0.05, 0.1) is 4.90 Å². The molecule has 2 aromatic carbocycles. The number of hydrogen-bond donors (Lipinski definition) is 2. The Labute approximate surface area is 118 Å². The Morgan fingerprint density at radius 3 is 2.25 bits per heavy atom. The summed E-state index contributed by atoms with van der Waals surface area (Å²) in [4.78, 5) is -0.108. The molecule has 0 atom stereocenters. The normalized spacial score (nSPS) is 11.7. The van der Waals surface area contributed by atoms with Gasteiger partial charge in [-0.05, 0) is 29.8 Å². The van der Waals surface area contributed by atoms with Crippen LogP contribution in [0.2, 0.25) is 0 Å². The van der Waals surface area contributed by atoms with Crippen molar-refractivity contribution in [2.45, 2.75) is 4.90 Å². The van der Waals surface area contributed by atoms with Crippen molar-refractivity contribution in [1.29, 1.82) is 0 Å². The summed E-state index contributed by atoms with van der Waals surface area (Å²) in [6, 6.07) is 15.9. The van der Waals surface area contributed by atoms with Gasteiger partial charge < -0.3 is 5.32 Å². The molecule has 2 N–H and O–H groups in total. The van der Waals surface area contributed by atoms with Crippen molar-refractivity contribution in [3.05, 3.63) is 66.2 Å². The van der Waals surface area contributed by atoms with Crippen LogP contribution in [0, 0.1) is 0 Å². The third kappa shape index (κ3) is 4.22. The third-order valence-corrected chi connectivity index (χ3v) is 3.55. The lowest BCUT2D eigenvalue weighted by Crippen LogP contribution is -2.00. The maximum atomic E-state index is 10.9. The van der Waals surface area contributed by atoms with E-state index in [4.69, 9.17) is 4.55 Å². The molecule has 0 unspecified atom stereocenters. The lowest BCUT2D eigenvalue weighted by atomic mass is 10.2. The zero-order valence-electron chi connectivity index (χ0n) is 10.7. The number of anilines is 1. The van der Waals surface area contributed by atoms with Crippen LogP contribution < -0.4 is 5.32 Å². The quantitative estimate of drug-likeness (QED) is 0.830. The van der Waals surface area contributed by atoms with Crippen LogP contribution in [0.15, 0.2) is 65.6 Å². The molecule has 2 aromatic rings. The van der Waals surface area contributed by atoms with Crippen LogP contribution in [0.5, 0.6) is 0 Å². The zero-order chi connectivity index (χ0) is 14.4. The predicted molar refractivity (Wildman–Crippen MR) is 80.2 cm³/mol. The Morgan fingerprint density at radius 2 is 1.65 bits per heavy atom. The molecule has 5 heteroatoms. The van der Waals surface area contributed by atoms with E-state index in [1.54, 1.807) is 12.1 Å². The van der Waals surface area contributed by atoms with Gasteiger partial charge in [-0.3, -0.25) is 4.55 Å². The third-order valence-electron chi connectivity index (χ3n) is 2.69. The number of nitrogens with one attached hydrogen (secondary N) is 1. The van der Waals surface area contributed by atoms with E-state index in [9.17, 15) is 8.42 Å². The van der Waals surface area contributed by atoms with Crippen LogP contribution in [-0.4, -0.2) is 19.5 Å². The minimum atomic E-state index is -4.12. The van der Waals surface area contributed by atoms with Crippen LogP contribution in [0.4, 0.5) is 5.69 Å². The fourth-order valence-corrected chi connectivity index (χ4v) is 2.16. The first-order valence-electron chi connectivity index (χ1n) is 6.09.